The van der Waals surface area contributed by atoms with Gasteiger partial charge < -0.3 is 10.0 Å². The zero-order chi connectivity index (χ0) is 6.15. The van der Waals surface area contributed by atoms with Gasteiger partial charge in [-0.05, 0) is 13.0 Å². The summed E-state index contributed by atoms with van der Waals surface area (Å²) in [7, 11) is 2.03. The summed E-state index contributed by atoms with van der Waals surface area (Å²) in [6, 6.07) is 0. The van der Waals surface area contributed by atoms with Crippen molar-refractivity contribution in [2.24, 2.45) is 5.92 Å². The van der Waals surface area contributed by atoms with Crippen LogP contribution in [0.1, 0.15) is 6.92 Å². The van der Waals surface area contributed by atoms with Crippen LogP contribution in [0.4, 0.5) is 0 Å². The minimum atomic E-state index is -0.0833. The van der Waals surface area contributed by atoms with E-state index in [-0.39, 0.29) is 6.10 Å². The van der Waals surface area contributed by atoms with Crippen LogP contribution >= 0.6 is 0 Å². The number of likely N-dealkylation sites (tertiary alicyclic amines) is 1. The van der Waals surface area contributed by atoms with E-state index in [9.17, 15) is 0 Å². The fraction of sp³-hybridized carbons (Fsp3) is 1.00. The predicted molar refractivity (Wildman–Crippen MR) is 32.7 cm³/mol. The lowest BCUT2D eigenvalue weighted by Crippen LogP contribution is -2.16. The summed E-state index contributed by atoms with van der Waals surface area (Å²) in [5, 5.41) is 9.13. The second kappa shape index (κ2) is 2.03. The molecule has 0 aromatic rings. The van der Waals surface area contributed by atoms with Gasteiger partial charge >= 0.3 is 0 Å². The Balaban J connectivity index is 2.39. The molecule has 0 radical (unpaired) electrons. The van der Waals surface area contributed by atoms with Crippen LogP contribution in [0.2, 0.25) is 0 Å². The Kier molecular flexibility index (Phi) is 1.54. The van der Waals surface area contributed by atoms with Crippen molar-refractivity contribution in [1.29, 1.82) is 0 Å². The van der Waals surface area contributed by atoms with E-state index >= 15 is 0 Å². The van der Waals surface area contributed by atoms with Crippen molar-refractivity contribution in [3.63, 3.8) is 0 Å². The highest BCUT2D eigenvalue weighted by molar-refractivity contribution is 4.77. The van der Waals surface area contributed by atoms with Crippen LogP contribution in [0, 0.1) is 5.92 Å². The number of nitrogens with zero attached hydrogens (tertiary/aromatic N) is 1. The van der Waals surface area contributed by atoms with Gasteiger partial charge in [0.25, 0.3) is 0 Å². The Hall–Kier alpha value is -0.0800. The number of aliphatic hydroxyl groups is 1. The summed E-state index contributed by atoms with van der Waals surface area (Å²) < 4.78 is 0. The monoisotopic (exact) mass is 115 g/mol. The van der Waals surface area contributed by atoms with Crippen molar-refractivity contribution in [3.05, 3.63) is 0 Å². The second-order valence-electron chi connectivity index (χ2n) is 2.77. The Morgan fingerprint density at radius 2 is 2.12 bits per heavy atom. The number of hydrogen-bond donors (Lipinski definition) is 1. The molecule has 0 bridgehead atoms. The molecule has 0 aliphatic carbocycles. The maximum Gasteiger partial charge on any atom is 0.0704 e. The lowest BCUT2D eigenvalue weighted by molar-refractivity contribution is 0.151. The lowest BCUT2D eigenvalue weighted by Gasteiger charge is -2.02. The van der Waals surface area contributed by atoms with Crippen molar-refractivity contribution in [2.45, 2.75) is 13.0 Å². The van der Waals surface area contributed by atoms with E-state index in [4.69, 9.17) is 5.11 Å². The fourth-order valence-corrected chi connectivity index (χ4v) is 1.19. The summed E-state index contributed by atoms with van der Waals surface area (Å²) in [5.74, 6) is 0.472. The molecule has 2 heteroatoms. The molecule has 0 saturated carbocycles. The summed E-state index contributed by atoms with van der Waals surface area (Å²) in [6.45, 7) is 3.97. The molecule has 0 spiro atoms. The topological polar surface area (TPSA) is 23.5 Å². The molecular formula is C6H13NO. The van der Waals surface area contributed by atoms with Gasteiger partial charge in [0.2, 0.25) is 0 Å². The fourth-order valence-electron chi connectivity index (χ4n) is 1.19. The minimum Gasteiger partial charge on any atom is -0.391 e. The first-order valence-electron chi connectivity index (χ1n) is 3.07. The molecule has 0 aromatic carbocycles. The average molecular weight is 115 g/mol. The molecule has 48 valence electrons. The van der Waals surface area contributed by atoms with Crippen molar-refractivity contribution in [1.82, 2.24) is 4.90 Å². The largest absolute Gasteiger partial charge is 0.391 e. The maximum atomic E-state index is 9.13. The number of rotatable bonds is 0. The van der Waals surface area contributed by atoms with Gasteiger partial charge in [-0.25, -0.2) is 0 Å². The normalized spacial score (nSPS) is 40.9. The molecular weight excluding hydrogens is 102 g/mol. The Morgan fingerprint density at radius 1 is 1.50 bits per heavy atom. The zero-order valence-corrected chi connectivity index (χ0v) is 5.46. The first kappa shape index (κ1) is 6.05. The predicted octanol–water partition coefficient (Wildman–Crippen LogP) is -0.0712. The van der Waals surface area contributed by atoms with E-state index in [1.807, 2.05) is 7.05 Å². The van der Waals surface area contributed by atoms with Gasteiger partial charge in [0.05, 0.1) is 6.10 Å². The van der Waals surface area contributed by atoms with Crippen molar-refractivity contribution < 1.29 is 5.11 Å². The third-order valence-electron chi connectivity index (χ3n) is 1.76. The molecule has 1 heterocycles. The van der Waals surface area contributed by atoms with Crippen molar-refractivity contribution in [2.75, 3.05) is 20.1 Å². The zero-order valence-electron chi connectivity index (χ0n) is 5.46. The van der Waals surface area contributed by atoms with Gasteiger partial charge in [-0.2, -0.15) is 0 Å². The van der Waals surface area contributed by atoms with Gasteiger partial charge in [-0.1, -0.05) is 6.92 Å². The van der Waals surface area contributed by atoms with Gasteiger partial charge in [0, 0.05) is 13.1 Å². The van der Waals surface area contributed by atoms with Gasteiger partial charge in [-0.3, -0.25) is 0 Å². The van der Waals surface area contributed by atoms with E-state index in [0.29, 0.717) is 5.92 Å². The molecule has 2 atom stereocenters. The third-order valence-corrected chi connectivity index (χ3v) is 1.76. The van der Waals surface area contributed by atoms with Crippen LogP contribution in [-0.2, 0) is 0 Å². The lowest BCUT2D eigenvalue weighted by atomic mass is 10.1. The molecule has 8 heavy (non-hydrogen) atoms. The van der Waals surface area contributed by atoms with Gasteiger partial charge in [-0.15, -0.1) is 0 Å². The SMILES string of the molecule is CC1CN(C)C[C@H]1O. The summed E-state index contributed by atoms with van der Waals surface area (Å²) in [5.41, 5.74) is 0. The molecule has 2 nitrogen and oxygen atoms in total. The standard InChI is InChI=1S/C6H13NO/c1-5-3-7(2)4-6(5)8/h5-6,8H,3-4H2,1-2H3/t5?,6-/m1/s1. The van der Waals surface area contributed by atoms with Crippen molar-refractivity contribution in [3.8, 4) is 0 Å². The maximum absolute atomic E-state index is 9.13. The first-order chi connectivity index (χ1) is 3.70. The molecule has 1 N–H and O–H groups in total. The Morgan fingerprint density at radius 3 is 2.25 bits per heavy atom. The highest BCUT2D eigenvalue weighted by Crippen LogP contribution is 2.12. The average Bonchev–Trinajstić information content (AvgIpc) is 1.85. The molecule has 1 aliphatic rings. The summed E-state index contributed by atoms with van der Waals surface area (Å²) in [6.07, 6.45) is -0.0833. The molecule has 1 saturated heterocycles. The van der Waals surface area contributed by atoms with Crippen LogP contribution in [0.5, 0.6) is 0 Å². The smallest absolute Gasteiger partial charge is 0.0704 e. The summed E-state index contributed by atoms with van der Waals surface area (Å²) in [4.78, 5) is 2.15. The van der Waals surface area contributed by atoms with Crippen molar-refractivity contribution >= 4 is 0 Å². The number of likely N-dealkylation sites (N-methyl/N-ethyl adjacent to an activating group) is 1. The van der Waals surface area contributed by atoms with E-state index < -0.39 is 0 Å². The van der Waals surface area contributed by atoms with Crippen LogP contribution in [0.25, 0.3) is 0 Å². The Bertz CT molecular complexity index is 74.6. The van der Waals surface area contributed by atoms with E-state index in [2.05, 4.69) is 11.8 Å². The molecule has 1 aliphatic heterocycles. The van der Waals surface area contributed by atoms with Gasteiger partial charge in [0.1, 0.15) is 0 Å². The van der Waals surface area contributed by atoms with E-state index in [0.717, 1.165) is 13.1 Å². The van der Waals surface area contributed by atoms with E-state index in [1.165, 1.54) is 0 Å². The minimum absolute atomic E-state index is 0.0833. The highest BCUT2D eigenvalue weighted by Gasteiger charge is 2.24. The second-order valence-corrected chi connectivity index (χ2v) is 2.77. The highest BCUT2D eigenvalue weighted by atomic mass is 16.3. The number of β-amino-alcohol motifs (C(OH)–C–C–N with tert-alkyl or cyclic N) is 1. The molecule has 1 unspecified atom stereocenters. The quantitative estimate of drug-likeness (QED) is 0.477. The number of aliphatic hydroxyl groups excluding tert-OH is 1. The Labute approximate surface area is 50.1 Å². The number of hydrogen-bond acceptors (Lipinski definition) is 2. The summed E-state index contributed by atoms with van der Waals surface area (Å²) >= 11 is 0. The third kappa shape index (κ3) is 1.01. The molecule has 1 fully saturated rings. The van der Waals surface area contributed by atoms with E-state index in [1.54, 1.807) is 0 Å². The molecule has 0 aromatic heterocycles. The van der Waals surface area contributed by atoms with Gasteiger partial charge in [0.15, 0.2) is 0 Å². The van der Waals surface area contributed by atoms with Crippen LogP contribution in [0.15, 0.2) is 0 Å². The van der Waals surface area contributed by atoms with Crippen LogP contribution in [0.3, 0.4) is 0 Å². The van der Waals surface area contributed by atoms with Crippen LogP contribution in [-0.4, -0.2) is 36.2 Å². The molecule has 1 rings (SSSR count). The van der Waals surface area contributed by atoms with Crippen LogP contribution < -0.4 is 0 Å². The first-order valence-corrected chi connectivity index (χ1v) is 3.07. The molecule has 0 amide bonds.